The van der Waals surface area contributed by atoms with Gasteiger partial charge in [0, 0.05) is 0 Å². The Kier molecular flexibility index (Phi) is 10.5. The van der Waals surface area contributed by atoms with Crippen molar-refractivity contribution in [1.29, 1.82) is 0 Å². The molecule has 0 saturated carbocycles. The van der Waals surface area contributed by atoms with Gasteiger partial charge >= 0.3 is 0 Å². The van der Waals surface area contributed by atoms with Crippen LogP contribution in [0.4, 0.5) is 0 Å². The molecule has 1 aliphatic carbocycles. The van der Waals surface area contributed by atoms with Gasteiger partial charge in [0.1, 0.15) is 0 Å². The van der Waals surface area contributed by atoms with Crippen LogP contribution in [0.25, 0.3) is 0 Å². The lowest BCUT2D eigenvalue weighted by Crippen LogP contribution is -2.27. The molecular formula is C31H34. The van der Waals surface area contributed by atoms with Crippen LogP contribution in [0, 0.1) is 5.41 Å². The van der Waals surface area contributed by atoms with E-state index < -0.39 is 5.41 Å². The van der Waals surface area contributed by atoms with Gasteiger partial charge < -0.3 is 0 Å². The lowest BCUT2D eigenvalue weighted by Gasteiger charge is -2.37. The molecule has 0 amide bonds. The topological polar surface area (TPSA) is 0 Å². The van der Waals surface area contributed by atoms with E-state index in [4.69, 9.17) is 0 Å². The molecule has 0 heterocycles. The second-order valence-electron chi connectivity index (χ2n) is 6.72. The second-order valence-corrected chi connectivity index (χ2v) is 6.72. The summed E-state index contributed by atoms with van der Waals surface area (Å²) in [5, 5.41) is 0. The summed E-state index contributed by atoms with van der Waals surface area (Å²) < 4.78 is 0. The highest BCUT2D eigenvalue weighted by Gasteiger charge is 2.47. The van der Waals surface area contributed by atoms with Gasteiger partial charge in [-0.15, -0.1) is 0 Å². The summed E-state index contributed by atoms with van der Waals surface area (Å²) in [6.45, 7) is 28.0. The maximum Gasteiger partial charge on any atom is 0.0713 e. The molecule has 158 valence electrons. The van der Waals surface area contributed by atoms with Crippen LogP contribution >= 0.6 is 0 Å². The van der Waals surface area contributed by atoms with Gasteiger partial charge in [-0.05, 0) is 47.3 Å². The maximum absolute atomic E-state index is 4.12. The minimum atomic E-state index is -0.631. The second kappa shape index (κ2) is 12.8. The highest BCUT2D eigenvalue weighted by atomic mass is 14.5. The van der Waals surface area contributed by atoms with Crippen LogP contribution in [-0.4, -0.2) is 0 Å². The molecule has 0 saturated heterocycles. The molecule has 31 heavy (non-hydrogen) atoms. The van der Waals surface area contributed by atoms with Crippen molar-refractivity contribution in [1.82, 2.24) is 0 Å². The summed E-state index contributed by atoms with van der Waals surface area (Å²) in [7, 11) is 0. The SMILES string of the molecule is C=C/C=C\C1=C(C=C)C(C=C)=C(/C=C\C=C)C1(C(/C=C\C)=C/C=C)C(/C=C\C)=C/C=C. The first-order chi connectivity index (χ1) is 15.1. The van der Waals surface area contributed by atoms with E-state index in [1.165, 1.54) is 0 Å². The molecule has 0 aromatic heterocycles. The van der Waals surface area contributed by atoms with E-state index in [2.05, 4.69) is 75.9 Å². The third-order valence-electron chi connectivity index (χ3n) is 5.04. The zero-order valence-electron chi connectivity index (χ0n) is 19.0. The minimum absolute atomic E-state index is 0.631. The Hall–Kier alpha value is -3.64. The standard InChI is InChI=1S/C31H34/c1-9-17-23-29-27(15-7)28(16-8)30(24-18-10-2)31(29,25(19-11-3)20-12-4)26(21-13-5)22-14-6/h9-24H,1-3,5,7-8H2,4,6H3/b20-12-,22-14-,23-17-,24-18-,25-19+,26-21+. The van der Waals surface area contributed by atoms with E-state index in [9.17, 15) is 0 Å². The first-order valence-corrected chi connectivity index (χ1v) is 10.3. The molecule has 0 N–H and O–H groups in total. The Morgan fingerprint density at radius 2 is 1.00 bits per heavy atom. The van der Waals surface area contributed by atoms with Gasteiger partial charge in [0.15, 0.2) is 0 Å². The monoisotopic (exact) mass is 406 g/mol. The Bertz CT molecular complexity index is 903. The quantitative estimate of drug-likeness (QED) is 0.284. The molecule has 0 radical (unpaired) electrons. The van der Waals surface area contributed by atoms with Gasteiger partial charge in [-0.1, -0.05) is 137 Å². The van der Waals surface area contributed by atoms with Gasteiger partial charge in [0.25, 0.3) is 0 Å². The van der Waals surface area contributed by atoms with Crippen molar-refractivity contribution in [3.05, 3.63) is 170 Å². The molecule has 0 nitrogen and oxygen atoms in total. The number of hydrogen-bond donors (Lipinski definition) is 0. The maximum atomic E-state index is 4.12. The summed E-state index contributed by atoms with van der Waals surface area (Å²) in [4.78, 5) is 0. The number of rotatable bonds is 12. The van der Waals surface area contributed by atoms with Crippen molar-refractivity contribution in [2.24, 2.45) is 5.41 Å². The third-order valence-corrected chi connectivity index (χ3v) is 5.04. The third kappa shape index (κ3) is 4.92. The average molecular weight is 407 g/mol. The fourth-order valence-corrected chi connectivity index (χ4v) is 4.05. The Morgan fingerprint density at radius 1 is 0.613 bits per heavy atom. The van der Waals surface area contributed by atoms with Crippen molar-refractivity contribution < 1.29 is 0 Å². The van der Waals surface area contributed by atoms with E-state index in [0.717, 1.165) is 33.4 Å². The van der Waals surface area contributed by atoms with Gasteiger partial charge in [-0.2, -0.15) is 0 Å². The Labute approximate surface area is 189 Å². The normalized spacial score (nSPS) is 17.4. The molecule has 0 unspecified atom stereocenters. The number of hydrogen-bond acceptors (Lipinski definition) is 0. The molecule has 1 aliphatic rings. The molecule has 0 heteroatoms. The van der Waals surface area contributed by atoms with E-state index >= 15 is 0 Å². The van der Waals surface area contributed by atoms with Crippen LogP contribution in [0.5, 0.6) is 0 Å². The average Bonchev–Trinajstić information content (AvgIpc) is 3.04. The van der Waals surface area contributed by atoms with Crippen LogP contribution in [0.2, 0.25) is 0 Å². The van der Waals surface area contributed by atoms with Crippen LogP contribution < -0.4 is 0 Å². The molecule has 0 spiro atoms. The van der Waals surface area contributed by atoms with Gasteiger partial charge in [0.05, 0.1) is 5.41 Å². The van der Waals surface area contributed by atoms with Gasteiger partial charge in [0.2, 0.25) is 0 Å². The minimum Gasteiger partial charge on any atom is -0.0991 e. The fraction of sp³-hybridized carbons (Fsp3) is 0.0968. The first kappa shape index (κ1) is 25.4. The molecule has 0 aromatic rings. The predicted octanol–water partition coefficient (Wildman–Crippen LogP) is 8.81. The van der Waals surface area contributed by atoms with Crippen molar-refractivity contribution in [2.75, 3.05) is 0 Å². The van der Waals surface area contributed by atoms with Crippen LogP contribution in [0.1, 0.15) is 13.8 Å². The molecular weight excluding hydrogens is 372 g/mol. The first-order valence-electron chi connectivity index (χ1n) is 10.3. The molecule has 0 bridgehead atoms. The predicted molar refractivity (Wildman–Crippen MR) is 142 cm³/mol. The van der Waals surface area contributed by atoms with Gasteiger partial charge in [-0.3, -0.25) is 0 Å². The molecule has 0 aliphatic heterocycles. The van der Waals surface area contributed by atoms with Crippen LogP contribution in [0.15, 0.2) is 170 Å². The fourth-order valence-electron chi connectivity index (χ4n) is 4.05. The highest BCUT2D eigenvalue weighted by molar-refractivity contribution is 5.76. The molecule has 1 rings (SSSR count). The van der Waals surface area contributed by atoms with Crippen molar-refractivity contribution >= 4 is 0 Å². The summed E-state index contributed by atoms with van der Waals surface area (Å²) in [5.74, 6) is 0. The van der Waals surface area contributed by atoms with E-state index in [1.807, 2.05) is 62.5 Å². The van der Waals surface area contributed by atoms with Gasteiger partial charge in [-0.25, -0.2) is 0 Å². The highest BCUT2D eigenvalue weighted by Crippen LogP contribution is 2.58. The van der Waals surface area contributed by atoms with E-state index in [1.54, 1.807) is 12.2 Å². The zero-order valence-corrected chi connectivity index (χ0v) is 19.0. The Morgan fingerprint density at radius 3 is 1.26 bits per heavy atom. The smallest absolute Gasteiger partial charge is 0.0713 e. The Balaban J connectivity index is 4.53. The lowest BCUT2D eigenvalue weighted by molar-refractivity contribution is 0.679. The summed E-state index contributed by atoms with van der Waals surface area (Å²) in [6, 6.07) is 0. The molecule has 0 atom stereocenters. The van der Waals surface area contributed by atoms with Crippen LogP contribution in [-0.2, 0) is 0 Å². The summed E-state index contributed by atoms with van der Waals surface area (Å²) >= 11 is 0. The largest absolute Gasteiger partial charge is 0.0991 e. The zero-order chi connectivity index (χ0) is 23.3. The van der Waals surface area contributed by atoms with Crippen LogP contribution in [0.3, 0.4) is 0 Å². The number of allylic oxidation sites excluding steroid dienone is 22. The lowest BCUT2D eigenvalue weighted by atomic mass is 9.64. The summed E-state index contributed by atoms with van der Waals surface area (Å²) in [5.41, 5.74) is 5.72. The summed E-state index contributed by atoms with van der Waals surface area (Å²) in [6.07, 6.45) is 31.5. The van der Waals surface area contributed by atoms with Crippen molar-refractivity contribution in [2.45, 2.75) is 13.8 Å². The van der Waals surface area contributed by atoms with E-state index in [-0.39, 0.29) is 0 Å². The van der Waals surface area contributed by atoms with Crippen molar-refractivity contribution in [3.63, 3.8) is 0 Å². The molecule has 0 fully saturated rings. The van der Waals surface area contributed by atoms with E-state index in [0.29, 0.717) is 0 Å². The molecule has 0 aromatic carbocycles. The van der Waals surface area contributed by atoms with Crippen molar-refractivity contribution in [3.8, 4) is 0 Å².